The maximum atomic E-state index is 5.76. The van der Waals surface area contributed by atoms with E-state index in [1.54, 1.807) is 0 Å². The number of hydrogen-bond donors (Lipinski definition) is 1. The number of hydrogen-bond acceptors (Lipinski definition) is 3. The summed E-state index contributed by atoms with van der Waals surface area (Å²) in [5.41, 5.74) is 10.2. The van der Waals surface area contributed by atoms with Gasteiger partial charge in [0.15, 0.2) is 5.76 Å². The van der Waals surface area contributed by atoms with Gasteiger partial charge in [-0.1, -0.05) is 96.2 Å². The molecule has 1 fully saturated rings. The fraction of sp³-hybridized carbons (Fsp3) is 0.156. The predicted octanol–water partition coefficient (Wildman–Crippen LogP) is 8.53. The summed E-state index contributed by atoms with van der Waals surface area (Å²) < 4.78 is 5.76. The number of nitrogens with one attached hydrogen (secondary N) is 1. The third kappa shape index (κ3) is 4.76. The van der Waals surface area contributed by atoms with Crippen LogP contribution in [0, 0.1) is 6.92 Å². The van der Waals surface area contributed by atoms with E-state index in [1.165, 1.54) is 40.7 Å². The van der Waals surface area contributed by atoms with Crippen LogP contribution < -0.4 is 5.32 Å². The van der Waals surface area contributed by atoms with E-state index in [0.717, 1.165) is 40.7 Å². The van der Waals surface area contributed by atoms with Crippen molar-refractivity contribution in [3.8, 4) is 22.5 Å². The molecule has 0 aliphatic heterocycles. The van der Waals surface area contributed by atoms with Gasteiger partial charge in [-0.25, -0.2) is 0 Å². The van der Waals surface area contributed by atoms with Gasteiger partial charge in [0.05, 0.1) is 0 Å². The maximum Gasteiger partial charge on any atom is 0.190 e. The van der Waals surface area contributed by atoms with Crippen molar-refractivity contribution in [2.45, 2.75) is 32.1 Å². The van der Waals surface area contributed by atoms with Crippen LogP contribution in [0.2, 0.25) is 0 Å². The monoisotopic (exact) mass is 456 g/mol. The normalized spacial score (nSPS) is 13.1. The molecule has 1 heterocycles. The Balaban J connectivity index is 1.22. The Morgan fingerprint density at radius 3 is 2.11 bits per heavy atom. The SMILES string of the molecule is Cc1noc(-c2ccc(-c3ccc(C4CC4)cc3)cc2)c1Nc1cccc(Cc2ccccc2)c1. The molecule has 0 atom stereocenters. The molecule has 1 aromatic heterocycles. The van der Waals surface area contributed by atoms with E-state index in [4.69, 9.17) is 4.52 Å². The standard InChI is InChI=1S/C32H28N2O/c1-22-31(33-30-9-5-8-24(21-30)20-23-6-3-2-4-7-23)32(35-34-22)29-18-16-28(17-19-29)27-14-12-26(13-15-27)25-10-11-25/h2-9,12-19,21,25,33H,10-11,20H2,1H3. The number of nitrogens with zero attached hydrogens (tertiary/aromatic N) is 1. The average molecular weight is 457 g/mol. The number of anilines is 2. The Labute approximate surface area is 206 Å². The van der Waals surface area contributed by atoms with Crippen LogP contribution in [0.15, 0.2) is 108 Å². The zero-order chi connectivity index (χ0) is 23.6. The summed E-state index contributed by atoms with van der Waals surface area (Å²) >= 11 is 0. The van der Waals surface area contributed by atoms with E-state index in [1.807, 2.05) is 6.92 Å². The van der Waals surface area contributed by atoms with Gasteiger partial charge in [-0.05, 0) is 72.1 Å². The quantitative estimate of drug-likeness (QED) is 0.267. The second-order valence-electron chi connectivity index (χ2n) is 9.43. The minimum absolute atomic E-state index is 0.756. The lowest BCUT2D eigenvalue weighted by molar-refractivity contribution is 0.427. The molecule has 3 heteroatoms. The van der Waals surface area contributed by atoms with Gasteiger partial charge < -0.3 is 9.84 Å². The Bertz CT molecular complexity index is 1430. The van der Waals surface area contributed by atoms with E-state index < -0.39 is 0 Å². The topological polar surface area (TPSA) is 38.1 Å². The molecule has 0 bridgehead atoms. The highest BCUT2D eigenvalue weighted by Crippen LogP contribution is 2.40. The molecular weight excluding hydrogens is 428 g/mol. The molecule has 0 amide bonds. The van der Waals surface area contributed by atoms with E-state index >= 15 is 0 Å². The van der Waals surface area contributed by atoms with Crippen LogP contribution in [0.1, 0.15) is 41.1 Å². The molecule has 1 aliphatic rings. The summed E-state index contributed by atoms with van der Waals surface area (Å²) in [5.74, 6) is 1.54. The zero-order valence-corrected chi connectivity index (χ0v) is 19.9. The summed E-state index contributed by atoms with van der Waals surface area (Å²) in [6, 6.07) is 36.6. The van der Waals surface area contributed by atoms with Crippen molar-refractivity contribution >= 4 is 11.4 Å². The van der Waals surface area contributed by atoms with Gasteiger partial charge in [-0.15, -0.1) is 0 Å². The molecule has 0 unspecified atom stereocenters. The first-order valence-corrected chi connectivity index (χ1v) is 12.3. The predicted molar refractivity (Wildman–Crippen MR) is 143 cm³/mol. The van der Waals surface area contributed by atoms with Crippen molar-refractivity contribution < 1.29 is 4.52 Å². The largest absolute Gasteiger partial charge is 0.354 e. The molecule has 172 valence electrons. The summed E-state index contributed by atoms with van der Waals surface area (Å²) in [4.78, 5) is 0. The maximum absolute atomic E-state index is 5.76. The fourth-order valence-electron chi connectivity index (χ4n) is 4.63. The van der Waals surface area contributed by atoms with Crippen molar-refractivity contribution in [1.82, 2.24) is 5.16 Å². The molecule has 5 aromatic rings. The first-order chi connectivity index (χ1) is 17.2. The molecule has 0 spiro atoms. The van der Waals surface area contributed by atoms with Crippen LogP contribution in [-0.4, -0.2) is 5.16 Å². The second kappa shape index (κ2) is 9.27. The van der Waals surface area contributed by atoms with Crippen LogP contribution in [0.4, 0.5) is 11.4 Å². The lowest BCUT2D eigenvalue weighted by atomic mass is 10.0. The number of benzene rings is 4. The molecule has 1 saturated carbocycles. The van der Waals surface area contributed by atoms with Gasteiger partial charge in [0, 0.05) is 11.3 Å². The van der Waals surface area contributed by atoms with Gasteiger partial charge in [-0.2, -0.15) is 0 Å². The van der Waals surface area contributed by atoms with Gasteiger partial charge >= 0.3 is 0 Å². The van der Waals surface area contributed by atoms with Crippen molar-refractivity contribution in [2.24, 2.45) is 0 Å². The Kier molecular flexibility index (Phi) is 5.67. The molecule has 1 N–H and O–H groups in total. The lowest BCUT2D eigenvalue weighted by Crippen LogP contribution is -1.95. The number of aromatic nitrogens is 1. The molecule has 0 radical (unpaired) electrons. The van der Waals surface area contributed by atoms with Crippen LogP contribution in [-0.2, 0) is 6.42 Å². The highest BCUT2D eigenvalue weighted by molar-refractivity contribution is 5.79. The Morgan fingerprint density at radius 1 is 0.743 bits per heavy atom. The van der Waals surface area contributed by atoms with Crippen molar-refractivity contribution in [3.63, 3.8) is 0 Å². The summed E-state index contributed by atoms with van der Waals surface area (Å²) in [7, 11) is 0. The van der Waals surface area contributed by atoms with Crippen molar-refractivity contribution in [3.05, 3.63) is 126 Å². The highest BCUT2D eigenvalue weighted by Gasteiger charge is 2.23. The Morgan fingerprint density at radius 2 is 1.40 bits per heavy atom. The second-order valence-corrected chi connectivity index (χ2v) is 9.43. The summed E-state index contributed by atoms with van der Waals surface area (Å²) in [5, 5.41) is 7.81. The van der Waals surface area contributed by atoms with Crippen molar-refractivity contribution in [1.29, 1.82) is 0 Å². The van der Waals surface area contributed by atoms with E-state index in [9.17, 15) is 0 Å². The minimum Gasteiger partial charge on any atom is -0.354 e. The fourth-order valence-corrected chi connectivity index (χ4v) is 4.63. The number of rotatable bonds is 7. The molecule has 0 saturated heterocycles. The van der Waals surface area contributed by atoms with Crippen LogP contribution in [0.5, 0.6) is 0 Å². The summed E-state index contributed by atoms with van der Waals surface area (Å²) in [6.45, 7) is 1.97. The van der Waals surface area contributed by atoms with E-state index in [-0.39, 0.29) is 0 Å². The molecule has 3 nitrogen and oxygen atoms in total. The summed E-state index contributed by atoms with van der Waals surface area (Å²) in [6.07, 6.45) is 3.56. The van der Waals surface area contributed by atoms with Gasteiger partial charge in [0.25, 0.3) is 0 Å². The molecular formula is C32H28N2O. The minimum atomic E-state index is 0.756. The lowest BCUT2D eigenvalue weighted by Gasteiger charge is -2.10. The van der Waals surface area contributed by atoms with Gasteiger partial charge in [-0.3, -0.25) is 0 Å². The first kappa shape index (κ1) is 21.4. The smallest absolute Gasteiger partial charge is 0.190 e. The van der Waals surface area contributed by atoms with Crippen LogP contribution in [0.25, 0.3) is 22.5 Å². The Hall–Kier alpha value is -4.11. The molecule has 4 aromatic carbocycles. The van der Waals surface area contributed by atoms with Gasteiger partial charge in [0.2, 0.25) is 0 Å². The average Bonchev–Trinajstić information content (AvgIpc) is 3.69. The first-order valence-electron chi connectivity index (χ1n) is 12.3. The highest BCUT2D eigenvalue weighted by atomic mass is 16.5. The van der Waals surface area contributed by atoms with E-state index in [0.29, 0.717) is 0 Å². The van der Waals surface area contributed by atoms with E-state index in [2.05, 4.69) is 114 Å². The molecule has 1 aliphatic carbocycles. The van der Waals surface area contributed by atoms with Crippen molar-refractivity contribution in [2.75, 3.05) is 5.32 Å². The van der Waals surface area contributed by atoms with Crippen LogP contribution in [0.3, 0.4) is 0 Å². The zero-order valence-electron chi connectivity index (χ0n) is 19.9. The van der Waals surface area contributed by atoms with Gasteiger partial charge in [0.1, 0.15) is 11.4 Å². The third-order valence-electron chi connectivity index (χ3n) is 6.75. The molecule has 35 heavy (non-hydrogen) atoms. The van der Waals surface area contributed by atoms with Crippen LogP contribution >= 0.6 is 0 Å². The molecule has 6 rings (SSSR count). The number of aryl methyl sites for hydroxylation is 1. The third-order valence-corrected chi connectivity index (χ3v) is 6.75.